The second kappa shape index (κ2) is 7.60. The molecule has 214 valence electrons. The predicted molar refractivity (Wildman–Crippen MR) is 194 cm³/mol. The summed E-state index contributed by atoms with van der Waals surface area (Å²) in [4.78, 5) is 0. The van der Waals surface area contributed by atoms with Crippen LogP contribution in [0, 0.1) is 0 Å². The molecule has 0 spiro atoms. The lowest BCUT2D eigenvalue weighted by Gasteiger charge is -2.33. The van der Waals surface area contributed by atoms with Gasteiger partial charge in [0, 0.05) is 77.6 Å². The molecule has 2 aliphatic heterocycles. The number of rotatable bonds is 0. The van der Waals surface area contributed by atoms with Crippen molar-refractivity contribution in [3.63, 3.8) is 0 Å². The Morgan fingerprint density at radius 2 is 0.851 bits per heavy atom. The molecule has 0 amide bonds. The zero-order valence-corrected chi connectivity index (χ0v) is 24.9. The number of aromatic nitrogens is 2. The van der Waals surface area contributed by atoms with Crippen LogP contribution in [0.5, 0.6) is 0 Å². The first-order valence-electron chi connectivity index (χ1n) is 16.2. The fraction of sp³-hybridized carbons (Fsp3) is 0. The van der Waals surface area contributed by atoms with Crippen LogP contribution in [-0.2, 0) is 0 Å². The van der Waals surface area contributed by atoms with Gasteiger partial charge in [0.1, 0.15) is 22.3 Å². The van der Waals surface area contributed by atoms with Crippen LogP contribution in [0.15, 0.2) is 136 Å². The summed E-state index contributed by atoms with van der Waals surface area (Å²) in [5.74, 6) is 0. The van der Waals surface area contributed by atoms with Gasteiger partial charge in [-0.3, -0.25) is 0 Å². The van der Waals surface area contributed by atoms with Crippen LogP contribution < -0.4 is 16.4 Å². The Hall–Kier alpha value is -6.20. The lowest BCUT2D eigenvalue weighted by atomic mass is 9.34. The summed E-state index contributed by atoms with van der Waals surface area (Å²) >= 11 is 0. The standard InChI is InChI=1S/C42H21BN2O2/c1-3-16-36-22(8-1)28-18-26-24-10-5-12-30-41(24)44(34(26)20-38(28)46-36)32-14-7-15-33-40(32)43(30)31-13-6-11-25-27-19-29-23-9-2-4-17-37(23)47-39(29)21-35(27)45(33)42(25)31/h1-21H. The maximum absolute atomic E-state index is 6.42. The van der Waals surface area contributed by atoms with Gasteiger partial charge in [-0.15, -0.1) is 0 Å². The first kappa shape index (κ1) is 23.2. The normalized spacial score (nSPS) is 13.5. The van der Waals surface area contributed by atoms with Gasteiger partial charge in [0.15, 0.2) is 0 Å². The fourth-order valence-electron chi connectivity index (χ4n) is 9.29. The Labute approximate surface area is 266 Å². The molecular formula is C42H21BN2O2. The molecule has 47 heavy (non-hydrogen) atoms. The topological polar surface area (TPSA) is 36.1 Å². The van der Waals surface area contributed by atoms with Crippen molar-refractivity contribution >= 4 is 111 Å². The van der Waals surface area contributed by atoms with Crippen molar-refractivity contribution in [3.05, 3.63) is 127 Å². The average molecular weight is 596 g/mol. The molecule has 7 aromatic carbocycles. The molecule has 0 saturated heterocycles. The quantitative estimate of drug-likeness (QED) is 0.164. The third kappa shape index (κ3) is 2.54. The molecule has 0 aliphatic carbocycles. The van der Waals surface area contributed by atoms with E-state index in [4.69, 9.17) is 8.83 Å². The van der Waals surface area contributed by atoms with Crippen LogP contribution in [0.25, 0.3) is 98.9 Å². The summed E-state index contributed by atoms with van der Waals surface area (Å²) in [5.41, 5.74) is 15.1. The third-order valence-corrected chi connectivity index (χ3v) is 11.1. The van der Waals surface area contributed by atoms with Gasteiger partial charge in [0.25, 0.3) is 6.71 Å². The summed E-state index contributed by atoms with van der Waals surface area (Å²) < 4.78 is 17.8. The number of hydrogen-bond acceptors (Lipinski definition) is 2. The minimum atomic E-state index is 0.120. The largest absolute Gasteiger partial charge is 0.456 e. The molecular weight excluding hydrogens is 575 g/mol. The van der Waals surface area contributed by atoms with Crippen molar-refractivity contribution in [1.82, 2.24) is 9.13 Å². The molecule has 6 heterocycles. The van der Waals surface area contributed by atoms with Gasteiger partial charge in [-0.05, 0) is 52.8 Å². The molecule has 4 aromatic heterocycles. The van der Waals surface area contributed by atoms with Gasteiger partial charge in [0.2, 0.25) is 0 Å². The van der Waals surface area contributed by atoms with Crippen LogP contribution in [0.3, 0.4) is 0 Å². The summed E-state index contributed by atoms with van der Waals surface area (Å²) in [6.45, 7) is 0.120. The number of nitrogens with zero attached hydrogens (tertiary/aromatic N) is 2. The Morgan fingerprint density at radius 3 is 1.38 bits per heavy atom. The van der Waals surface area contributed by atoms with E-state index in [1.165, 1.54) is 71.4 Å². The van der Waals surface area contributed by atoms with Crippen LogP contribution in [-0.4, -0.2) is 15.8 Å². The zero-order chi connectivity index (χ0) is 30.1. The molecule has 0 unspecified atom stereocenters. The van der Waals surface area contributed by atoms with E-state index in [2.05, 4.69) is 124 Å². The number of para-hydroxylation sites is 4. The van der Waals surface area contributed by atoms with Crippen LogP contribution in [0.2, 0.25) is 0 Å². The van der Waals surface area contributed by atoms with E-state index in [0.717, 1.165) is 43.9 Å². The highest BCUT2D eigenvalue weighted by atomic mass is 16.3. The minimum Gasteiger partial charge on any atom is -0.456 e. The zero-order valence-electron chi connectivity index (χ0n) is 24.9. The van der Waals surface area contributed by atoms with E-state index < -0.39 is 0 Å². The highest BCUT2D eigenvalue weighted by molar-refractivity contribution is 7.00. The Bertz CT molecular complexity index is 3050. The molecule has 0 saturated carbocycles. The van der Waals surface area contributed by atoms with E-state index in [-0.39, 0.29) is 6.71 Å². The minimum absolute atomic E-state index is 0.120. The van der Waals surface area contributed by atoms with Crippen LogP contribution >= 0.6 is 0 Å². The van der Waals surface area contributed by atoms with Gasteiger partial charge in [-0.2, -0.15) is 0 Å². The Balaban J connectivity index is 1.20. The highest BCUT2D eigenvalue weighted by Gasteiger charge is 2.40. The number of benzene rings is 7. The first-order valence-corrected chi connectivity index (χ1v) is 16.2. The second-order valence-corrected chi connectivity index (χ2v) is 13.2. The molecule has 2 aliphatic rings. The number of hydrogen-bond donors (Lipinski definition) is 0. The second-order valence-electron chi connectivity index (χ2n) is 13.2. The molecule has 0 radical (unpaired) electrons. The van der Waals surface area contributed by atoms with Crippen molar-refractivity contribution in [1.29, 1.82) is 0 Å². The molecule has 5 heteroatoms. The molecule has 0 N–H and O–H groups in total. The van der Waals surface area contributed by atoms with Crippen LogP contribution in [0.4, 0.5) is 0 Å². The van der Waals surface area contributed by atoms with E-state index in [1.54, 1.807) is 0 Å². The van der Waals surface area contributed by atoms with Crippen molar-refractivity contribution in [3.8, 4) is 11.4 Å². The van der Waals surface area contributed by atoms with Gasteiger partial charge in [0.05, 0.1) is 11.0 Å². The van der Waals surface area contributed by atoms with Crippen molar-refractivity contribution in [2.24, 2.45) is 0 Å². The van der Waals surface area contributed by atoms with E-state index >= 15 is 0 Å². The smallest absolute Gasteiger partial charge is 0.252 e. The maximum atomic E-state index is 6.42. The number of furan rings is 2. The molecule has 4 nitrogen and oxygen atoms in total. The molecule has 0 bridgehead atoms. The highest BCUT2D eigenvalue weighted by Crippen LogP contribution is 2.42. The first-order chi connectivity index (χ1) is 23.3. The van der Waals surface area contributed by atoms with Crippen molar-refractivity contribution in [2.45, 2.75) is 0 Å². The van der Waals surface area contributed by atoms with E-state index in [1.807, 2.05) is 12.1 Å². The molecule has 0 atom stereocenters. The van der Waals surface area contributed by atoms with Gasteiger partial charge >= 0.3 is 0 Å². The van der Waals surface area contributed by atoms with Crippen LogP contribution in [0.1, 0.15) is 0 Å². The summed E-state index contributed by atoms with van der Waals surface area (Å²) in [6.07, 6.45) is 0. The summed E-state index contributed by atoms with van der Waals surface area (Å²) in [5, 5.41) is 9.72. The van der Waals surface area contributed by atoms with E-state index in [0.29, 0.717) is 0 Å². The molecule has 13 rings (SSSR count). The third-order valence-electron chi connectivity index (χ3n) is 11.1. The Kier molecular flexibility index (Phi) is 3.75. The summed E-state index contributed by atoms with van der Waals surface area (Å²) in [6, 6.07) is 46.5. The van der Waals surface area contributed by atoms with Gasteiger partial charge < -0.3 is 18.0 Å². The maximum Gasteiger partial charge on any atom is 0.252 e. The lowest BCUT2D eigenvalue weighted by molar-refractivity contribution is 0.669. The predicted octanol–water partition coefficient (Wildman–Crippen LogP) is 8.82. The SMILES string of the molecule is c1cc2c3c(c1)-n1c4cc5oc6ccccc6c5cc4c4cccc(c41)B3c1cccc3c4cc5c(cc4n-2c13)oc1ccccc15. The monoisotopic (exact) mass is 596 g/mol. The molecule has 11 aromatic rings. The van der Waals surface area contributed by atoms with Gasteiger partial charge in [-0.1, -0.05) is 78.9 Å². The fourth-order valence-corrected chi connectivity index (χ4v) is 9.29. The van der Waals surface area contributed by atoms with E-state index in [9.17, 15) is 0 Å². The Morgan fingerprint density at radius 1 is 0.383 bits per heavy atom. The summed E-state index contributed by atoms with van der Waals surface area (Å²) in [7, 11) is 0. The number of fused-ring (bicyclic) bond motifs is 16. The van der Waals surface area contributed by atoms with Crippen molar-refractivity contribution in [2.75, 3.05) is 0 Å². The van der Waals surface area contributed by atoms with Crippen molar-refractivity contribution < 1.29 is 8.83 Å². The van der Waals surface area contributed by atoms with Gasteiger partial charge in [-0.25, -0.2) is 0 Å². The molecule has 0 fully saturated rings. The lowest BCUT2D eigenvalue weighted by Crippen LogP contribution is -2.59. The average Bonchev–Trinajstić information content (AvgIpc) is 3.85.